The molecule has 1 saturated heterocycles. The Kier molecular flexibility index (Phi) is 8.27. The van der Waals surface area contributed by atoms with E-state index in [-0.39, 0.29) is 35.6 Å². The lowest BCUT2D eigenvalue weighted by molar-refractivity contribution is -0.120. The molecule has 2 N–H and O–H groups in total. The first-order valence-electron chi connectivity index (χ1n) is 12.7. The van der Waals surface area contributed by atoms with E-state index >= 15 is 0 Å². The summed E-state index contributed by atoms with van der Waals surface area (Å²) in [6.07, 6.45) is 0.815. The van der Waals surface area contributed by atoms with Gasteiger partial charge in [-0.25, -0.2) is 21.1 Å². The fourth-order valence-electron chi connectivity index (χ4n) is 4.80. The zero-order chi connectivity index (χ0) is 28.3. The van der Waals surface area contributed by atoms with Gasteiger partial charge in [0.25, 0.3) is 10.0 Å². The summed E-state index contributed by atoms with van der Waals surface area (Å²) in [6, 6.07) is 26.1. The Morgan fingerprint density at radius 1 is 0.850 bits per heavy atom. The normalized spacial score (nSPS) is 15.1. The van der Waals surface area contributed by atoms with Crippen molar-refractivity contribution in [1.29, 1.82) is 0 Å². The van der Waals surface area contributed by atoms with Crippen molar-refractivity contribution in [3.8, 4) is 0 Å². The van der Waals surface area contributed by atoms with E-state index in [1.807, 2.05) is 36.4 Å². The van der Waals surface area contributed by atoms with Crippen molar-refractivity contribution < 1.29 is 21.6 Å². The van der Waals surface area contributed by atoms with Crippen LogP contribution >= 0.6 is 15.9 Å². The van der Waals surface area contributed by atoms with Crippen molar-refractivity contribution >= 4 is 64.0 Å². The highest BCUT2D eigenvalue weighted by Crippen LogP contribution is 2.27. The van der Waals surface area contributed by atoms with Crippen LogP contribution in [0.2, 0.25) is 0 Å². The van der Waals surface area contributed by atoms with E-state index in [0.29, 0.717) is 29.8 Å². The molecule has 208 valence electrons. The number of halogens is 1. The van der Waals surface area contributed by atoms with Gasteiger partial charge in [0.15, 0.2) is 0 Å². The first-order valence-corrected chi connectivity index (χ1v) is 16.6. The van der Waals surface area contributed by atoms with Gasteiger partial charge in [-0.15, -0.1) is 0 Å². The SMILES string of the molecule is O=C(Nc1ccc(S(=O)(=O)Nc2cccc3ccccc23)cc1)C1CCN(S(=O)(=O)Cc2cccc(Br)c2)CC1. The molecule has 4 aromatic carbocycles. The van der Waals surface area contributed by atoms with Gasteiger partial charge in [-0.1, -0.05) is 64.5 Å². The molecule has 5 rings (SSSR count). The van der Waals surface area contributed by atoms with Crippen LogP contribution in [-0.2, 0) is 30.6 Å². The number of hydrogen-bond acceptors (Lipinski definition) is 5. The number of nitrogens with zero attached hydrogens (tertiary/aromatic N) is 1. The summed E-state index contributed by atoms with van der Waals surface area (Å²) in [5, 5.41) is 4.56. The van der Waals surface area contributed by atoms with Crippen LogP contribution in [-0.4, -0.2) is 40.1 Å². The van der Waals surface area contributed by atoms with E-state index in [1.54, 1.807) is 42.5 Å². The smallest absolute Gasteiger partial charge is 0.261 e. The van der Waals surface area contributed by atoms with Crippen LogP contribution in [0.1, 0.15) is 18.4 Å². The van der Waals surface area contributed by atoms with E-state index in [0.717, 1.165) is 15.2 Å². The van der Waals surface area contributed by atoms with Gasteiger partial charge in [0.1, 0.15) is 0 Å². The summed E-state index contributed by atoms with van der Waals surface area (Å²) < 4.78 is 56.7. The zero-order valence-electron chi connectivity index (χ0n) is 21.5. The summed E-state index contributed by atoms with van der Waals surface area (Å²) in [6.45, 7) is 0.539. The molecule has 0 atom stereocenters. The van der Waals surface area contributed by atoms with Gasteiger partial charge in [0.2, 0.25) is 15.9 Å². The molecular weight excluding hydrogens is 614 g/mol. The van der Waals surface area contributed by atoms with Crippen molar-refractivity contribution in [2.24, 2.45) is 5.92 Å². The highest BCUT2D eigenvalue weighted by Gasteiger charge is 2.31. The topological polar surface area (TPSA) is 113 Å². The second-order valence-corrected chi connectivity index (χ2v) is 14.3. The number of anilines is 2. The van der Waals surface area contributed by atoms with Crippen molar-refractivity contribution in [3.05, 3.63) is 101 Å². The monoisotopic (exact) mass is 641 g/mol. The Labute approximate surface area is 242 Å². The molecule has 0 saturated carbocycles. The van der Waals surface area contributed by atoms with Crippen LogP contribution in [0.3, 0.4) is 0 Å². The van der Waals surface area contributed by atoms with Gasteiger partial charge in [-0.3, -0.25) is 9.52 Å². The van der Waals surface area contributed by atoms with E-state index in [2.05, 4.69) is 26.0 Å². The highest BCUT2D eigenvalue weighted by atomic mass is 79.9. The number of nitrogens with one attached hydrogen (secondary N) is 2. The second-order valence-electron chi connectivity index (χ2n) is 9.71. The van der Waals surface area contributed by atoms with Crippen LogP contribution in [0.4, 0.5) is 11.4 Å². The van der Waals surface area contributed by atoms with Crippen molar-refractivity contribution in [3.63, 3.8) is 0 Å². The van der Waals surface area contributed by atoms with Gasteiger partial charge in [-0.05, 0) is 66.3 Å². The summed E-state index contributed by atoms with van der Waals surface area (Å²) in [5.74, 6) is -0.643. The van der Waals surface area contributed by atoms with E-state index < -0.39 is 20.0 Å². The minimum atomic E-state index is -3.84. The fraction of sp³-hybridized carbons (Fsp3) is 0.207. The van der Waals surface area contributed by atoms with Crippen molar-refractivity contribution in [2.75, 3.05) is 23.1 Å². The van der Waals surface area contributed by atoms with Gasteiger partial charge in [0, 0.05) is 34.6 Å². The molecule has 1 fully saturated rings. The maximum atomic E-state index is 13.0. The zero-order valence-corrected chi connectivity index (χ0v) is 24.7. The van der Waals surface area contributed by atoms with Crippen LogP contribution in [0.5, 0.6) is 0 Å². The summed E-state index contributed by atoms with van der Waals surface area (Å²) in [5.41, 5.74) is 1.66. The lowest BCUT2D eigenvalue weighted by Gasteiger charge is -2.30. The molecule has 1 amide bonds. The number of carbonyl (C=O) groups is 1. The van der Waals surface area contributed by atoms with Crippen LogP contribution in [0, 0.1) is 5.92 Å². The highest BCUT2D eigenvalue weighted by molar-refractivity contribution is 9.10. The maximum absolute atomic E-state index is 13.0. The minimum Gasteiger partial charge on any atom is -0.326 e. The Morgan fingerprint density at radius 2 is 1.52 bits per heavy atom. The predicted molar refractivity (Wildman–Crippen MR) is 161 cm³/mol. The van der Waals surface area contributed by atoms with E-state index in [9.17, 15) is 21.6 Å². The number of piperidine rings is 1. The molecule has 0 bridgehead atoms. The molecule has 1 heterocycles. The first kappa shape index (κ1) is 28.3. The van der Waals surface area contributed by atoms with Crippen LogP contribution in [0.25, 0.3) is 10.8 Å². The minimum absolute atomic E-state index is 0.0717. The number of rotatable bonds is 8. The fourth-order valence-corrected chi connectivity index (χ4v) is 7.88. The number of fused-ring (bicyclic) bond motifs is 1. The molecule has 0 unspecified atom stereocenters. The third kappa shape index (κ3) is 6.55. The third-order valence-corrected chi connectivity index (χ3v) is 10.6. The lowest BCUT2D eigenvalue weighted by Crippen LogP contribution is -2.41. The quantitative estimate of drug-likeness (QED) is 0.261. The Bertz CT molecular complexity index is 1750. The van der Waals surface area contributed by atoms with Crippen molar-refractivity contribution in [2.45, 2.75) is 23.5 Å². The molecule has 4 aromatic rings. The lowest BCUT2D eigenvalue weighted by atomic mass is 9.97. The Hall–Kier alpha value is -3.25. The van der Waals surface area contributed by atoms with E-state index in [4.69, 9.17) is 0 Å². The number of sulfonamides is 2. The number of carbonyl (C=O) groups excluding carboxylic acids is 1. The summed E-state index contributed by atoms with van der Waals surface area (Å²) in [4.78, 5) is 13.0. The average Bonchev–Trinajstić information content (AvgIpc) is 2.93. The summed E-state index contributed by atoms with van der Waals surface area (Å²) in [7, 11) is -7.34. The molecule has 1 aliphatic heterocycles. The Balaban J connectivity index is 1.17. The summed E-state index contributed by atoms with van der Waals surface area (Å²) >= 11 is 3.37. The molecular formula is C29H28BrN3O5S2. The number of hydrogen-bond donors (Lipinski definition) is 2. The largest absolute Gasteiger partial charge is 0.326 e. The number of benzene rings is 4. The third-order valence-electron chi connectivity index (χ3n) is 6.92. The molecule has 0 aliphatic carbocycles. The molecule has 40 heavy (non-hydrogen) atoms. The molecule has 8 nitrogen and oxygen atoms in total. The van der Waals surface area contributed by atoms with E-state index in [1.165, 1.54) is 16.4 Å². The molecule has 1 aliphatic rings. The first-order chi connectivity index (χ1) is 19.1. The maximum Gasteiger partial charge on any atom is 0.261 e. The molecule has 11 heteroatoms. The van der Waals surface area contributed by atoms with Crippen LogP contribution < -0.4 is 10.0 Å². The Morgan fingerprint density at radius 3 is 2.25 bits per heavy atom. The van der Waals surface area contributed by atoms with Gasteiger partial charge < -0.3 is 5.32 Å². The van der Waals surface area contributed by atoms with Gasteiger partial charge in [-0.2, -0.15) is 0 Å². The standard InChI is InChI=1S/C29H28BrN3O5S2/c30-24-8-3-5-21(19-24)20-39(35,36)33-17-15-23(16-18-33)29(34)31-25-11-13-26(14-12-25)40(37,38)32-28-10-4-7-22-6-1-2-9-27(22)28/h1-14,19,23,32H,15-18,20H2,(H,31,34). The molecule has 0 aromatic heterocycles. The van der Waals surface area contributed by atoms with Gasteiger partial charge in [0.05, 0.1) is 16.3 Å². The molecule has 0 radical (unpaired) electrons. The molecule has 0 spiro atoms. The predicted octanol–water partition coefficient (Wildman–Crippen LogP) is 5.58. The average molecular weight is 643 g/mol. The second kappa shape index (κ2) is 11.7. The van der Waals surface area contributed by atoms with Gasteiger partial charge >= 0.3 is 0 Å². The number of amides is 1. The van der Waals surface area contributed by atoms with Crippen LogP contribution in [0.15, 0.2) is 100 Å². The van der Waals surface area contributed by atoms with Crippen molar-refractivity contribution in [1.82, 2.24) is 4.31 Å².